The summed E-state index contributed by atoms with van der Waals surface area (Å²) < 4.78 is 10.6. The zero-order chi connectivity index (χ0) is 11.7. The Hall–Kier alpha value is -0.120. The van der Waals surface area contributed by atoms with E-state index in [1.54, 1.807) is 14.2 Å². The van der Waals surface area contributed by atoms with Gasteiger partial charge < -0.3 is 14.8 Å². The molecule has 1 N–H and O–H groups in total. The van der Waals surface area contributed by atoms with E-state index in [1.165, 1.54) is 6.42 Å². The standard InChI is InChI=1S/C12H27NO2/c1-6-8-13-11(9-10(3)7-2)12(14-4)15-5/h10-13H,6-9H2,1-5H3. The quantitative estimate of drug-likeness (QED) is 0.602. The number of hydrogen-bond donors (Lipinski definition) is 1. The molecule has 3 nitrogen and oxygen atoms in total. The summed E-state index contributed by atoms with van der Waals surface area (Å²) in [6.07, 6.45) is 3.30. The molecule has 0 aromatic rings. The van der Waals surface area contributed by atoms with Crippen molar-refractivity contribution in [2.75, 3.05) is 20.8 Å². The molecule has 0 saturated heterocycles. The van der Waals surface area contributed by atoms with Crippen molar-refractivity contribution in [2.45, 2.75) is 52.4 Å². The van der Waals surface area contributed by atoms with E-state index >= 15 is 0 Å². The van der Waals surface area contributed by atoms with Crippen LogP contribution in [0.15, 0.2) is 0 Å². The maximum Gasteiger partial charge on any atom is 0.171 e. The highest BCUT2D eigenvalue weighted by atomic mass is 16.7. The van der Waals surface area contributed by atoms with Crippen LogP contribution in [0.5, 0.6) is 0 Å². The van der Waals surface area contributed by atoms with Gasteiger partial charge in [0.05, 0.1) is 6.04 Å². The molecule has 0 fully saturated rings. The minimum Gasteiger partial charge on any atom is -0.354 e. The average Bonchev–Trinajstić information content (AvgIpc) is 2.26. The Morgan fingerprint density at radius 1 is 1.13 bits per heavy atom. The molecule has 0 aromatic carbocycles. The Labute approximate surface area is 94.5 Å². The second-order valence-corrected chi connectivity index (χ2v) is 4.15. The van der Waals surface area contributed by atoms with E-state index in [2.05, 4.69) is 26.1 Å². The van der Waals surface area contributed by atoms with Gasteiger partial charge in [-0.1, -0.05) is 27.2 Å². The fraction of sp³-hybridized carbons (Fsp3) is 1.00. The van der Waals surface area contributed by atoms with E-state index in [0.29, 0.717) is 12.0 Å². The second kappa shape index (κ2) is 9.13. The molecule has 92 valence electrons. The molecule has 0 radical (unpaired) electrons. The van der Waals surface area contributed by atoms with Gasteiger partial charge in [0.1, 0.15) is 0 Å². The van der Waals surface area contributed by atoms with Crippen LogP contribution in [-0.4, -0.2) is 33.1 Å². The highest BCUT2D eigenvalue weighted by Crippen LogP contribution is 2.14. The van der Waals surface area contributed by atoms with E-state index in [-0.39, 0.29) is 6.29 Å². The largest absolute Gasteiger partial charge is 0.354 e. The van der Waals surface area contributed by atoms with Crippen LogP contribution < -0.4 is 5.32 Å². The smallest absolute Gasteiger partial charge is 0.171 e. The lowest BCUT2D eigenvalue weighted by Gasteiger charge is -2.27. The third-order valence-electron chi connectivity index (χ3n) is 2.80. The summed E-state index contributed by atoms with van der Waals surface area (Å²) >= 11 is 0. The Kier molecular flexibility index (Phi) is 9.06. The van der Waals surface area contributed by atoms with Crippen LogP contribution in [0.2, 0.25) is 0 Å². The molecule has 0 spiro atoms. The highest BCUT2D eigenvalue weighted by molar-refractivity contribution is 4.73. The van der Waals surface area contributed by atoms with Crippen LogP contribution in [0.25, 0.3) is 0 Å². The normalized spacial score (nSPS) is 15.6. The van der Waals surface area contributed by atoms with Crippen LogP contribution >= 0.6 is 0 Å². The Balaban J connectivity index is 4.14. The summed E-state index contributed by atoms with van der Waals surface area (Å²) in [6, 6.07) is 0.301. The van der Waals surface area contributed by atoms with Gasteiger partial charge in [-0.25, -0.2) is 0 Å². The Bertz CT molecular complexity index is 138. The zero-order valence-electron chi connectivity index (χ0n) is 10.9. The molecule has 0 saturated carbocycles. The van der Waals surface area contributed by atoms with Gasteiger partial charge in [0.25, 0.3) is 0 Å². The molecule has 0 bridgehead atoms. The lowest BCUT2D eigenvalue weighted by Crippen LogP contribution is -2.43. The lowest BCUT2D eigenvalue weighted by molar-refractivity contribution is -0.126. The molecule has 0 aromatic heterocycles. The van der Waals surface area contributed by atoms with Crippen molar-refractivity contribution in [1.82, 2.24) is 5.32 Å². The first kappa shape index (κ1) is 14.9. The molecule has 0 rings (SSSR count). The highest BCUT2D eigenvalue weighted by Gasteiger charge is 2.21. The molecule has 0 amide bonds. The van der Waals surface area contributed by atoms with Crippen LogP contribution in [0, 0.1) is 5.92 Å². The third kappa shape index (κ3) is 6.13. The zero-order valence-corrected chi connectivity index (χ0v) is 10.9. The van der Waals surface area contributed by atoms with Gasteiger partial charge in [0, 0.05) is 14.2 Å². The molecule has 2 atom stereocenters. The first-order chi connectivity index (χ1) is 7.19. The van der Waals surface area contributed by atoms with Gasteiger partial charge >= 0.3 is 0 Å². The minimum atomic E-state index is -0.134. The Morgan fingerprint density at radius 3 is 2.13 bits per heavy atom. The van der Waals surface area contributed by atoms with E-state index in [0.717, 1.165) is 19.4 Å². The van der Waals surface area contributed by atoms with Crippen LogP contribution in [0.1, 0.15) is 40.0 Å². The number of rotatable bonds is 9. The van der Waals surface area contributed by atoms with Gasteiger partial charge in [-0.2, -0.15) is 0 Å². The molecular formula is C12H27NO2. The average molecular weight is 217 g/mol. The van der Waals surface area contributed by atoms with Crippen LogP contribution in [-0.2, 0) is 9.47 Å². The maximum absolute atomic E-state index is 5.32. The number of nitrogens with one attached hydrogen (secondary N) is 1. The van der Waals surface area contributed by atoms with E-state index in [4.69, 9.17) is 9.47 Å². The van der Waals surface area contributed by atoms with Crippen molar-refractivity contribution in [3.05, 3.63) is 0 Å². The van der Waals surface area contributed by atoms with Crippen LogP contribution in [0.3, 0.4) is 0 Å². The molecule has 3 heteroatoms. The summed E-state index contributed by atoms with van der Waals surface area (Å²) in [7, 11) is 3.40. The van der Waals surface area contributed by atoms with Gasteiger partial charge in [-0.05, 0) is 25.3 Å². The monoisotopic (exact) mass is 217 g/mol. The molecule has 0 aliphatic heterocycles. The van der Waals surface area contributed by atoms with Crippen molar-refractivity contribution >= 4 is 0 Å². The molecule has 0 heterocycles. The topological polar surface area (TPSA) is 30.5 Å². The fourth-order valence-corrected chi connectivity index (χ4v) is 1.65. The van der Waals surface area contributed by atoms with Crippen LogP contribution in [0.4, 0.5) is 0 Å². The summed E-state index contributed by atoms with van der Waals surface area (Å²) in [5.74, 6) is 0.701. The van der Waals surface area contributed by atoms with Gasteiger partial charge in [0.15, 0.2) is 6.29 Å². The van der Waals surface area contributed by atoms with Crippen molar-refractivity contribution < 1.29 is 9.47 Å². The van der Waals surface area contributed by atoms with Gasteiger partial charge in [0.2, 0.25) is 0 Å². The summed E-state index contributed by atoms with van der Waals surface area (Å²) in [4.78, 5) is 0. The molecular weight excluding hydrogens is 190 g/mol. The predicted molar refractivity (Wildman–Crippen MR) is 64.0 cm³/mol. The van der Waals surface area contributed by atoms with E-state index in [9.17, 15) is 0 Å². The van der Waals surface area contributed by atoms with E-state index in [1.807, 2.05) is 0 Å². The van der Waals surface area contributed by atoms with Gasteiger partial charge in [-0.3, -0.25) is 0 Å². The molecule has 0 aliphatic rings. The number of hydrogen-bond acceptors (Lipinski definition) is 3. The number of methoxy groups -OCH3 is 2. The molecule has 0 aliphatic carbocycles. The summed E-state index contributed by atoms with van der Waals surface area (Å²) in [6.45, 7) is 7.67. The van der Waals surface area contributed by atoms with Crippen molar-refractivity contribution in [2.24, 2.45) is 5.92 Å². The minimum absolute atomic E-state index is 0.134. The molecule has 15 heavy (non-hydrogen) atoms. The first-order valence-corrected chi connectivity index (χ1v) is 5.98. The first-order valence-electron chi connectivity index (χ1n) is 5.98. The molecule has 2 unspecified atom stereocenters. The van der Waals surface area contributed by atoms with Crippen molar-refractivity contribution in [3.8, 4) is 0 Å². The third-order valence-corrected chi connectivity index (χ3v) is 2.80. The maximum atomic E-state index is 5.32. The number of ether oxygens (including phenoxy) is 2. The second-order valence-electron chi connectivity index (χ2n) is 4.15. The fourth-order valence-electron chi connectivity index (χ4n) is 1.65. The SMILES string of the molecule is CCCNC(CC(C)CC)C(OC)OC. The summed E-state index contributed by atoms with van der Waals surface area (Å²) in [5, 5.41) is 3.49. The van der Waals surface area contributed by atoms with E-state index < -0.39 is 0 Å². The lowest BCUT2D eigenvalue weighted by atomic mass is 9.99. The van der Waals surface area contributed by atoms with Crippen molar-refractivity contribution in [3.63, 3.8) is 0 Å². The Morgan fingerprint density at radius 2 is 1.73 bits per heavy atom. The predicted octanol–water partition coefficient (Wildman–Crippen LogP) is 2.41. The summed E-state index contributed by atoms with van der Waals surface area (Å²) in [5.41, 5.74) is 0. The van der Waals surface area contributed by atoms with Gasteiger partial charge in [-0.15, -0.1) is 0 Å². The van der Waals surface area contributed by atoms with Crippen molar-refractivity contribution in [1.29, 1.82) is 0 Å².